The predicted octanol–water partition coefficient (Wildman–Crippen LogP) is 4.20. The third-order valence-corrected chi connectivity index (χ3v) is 5.66. The molecule has 0 spiro atoms. The number of anilines is 1. The lowest BCUT2D eigenvalue weighted by molar-refractivity contribution is 0.102. The molecule has 1 aromatic heterocycles. The Morgan fingerprint density at radius 3 is 2.20 bits per heavy atom. The predicted molar refractivity (Wildman–Crippen MR) is 117 cm³/mol. The molecule has 1 heterocycles. The largest absolute Gasteiger partial charge is 0.306 e. The van der Waals surface area contributed by atoms with Gasteiger partial charge in [-0.15, -0.1) is 0 Å². The second-order valence-electron chi connectivity index (χ2n) is 6.78. The van der Waals surface area contributed by atoms with Crippen LogP contribution < -0.4 is 5.32 Å². The van der Waals surface area contributed by atoms with Crippen molar-refractivity contribution in [3.63, 3.8) is 0 Å². The van der Waals surface area contributed by atoms with Crippen molar-refractivity contribution in [3.8, 4) is 16.9 Å². The normalized spacial score (nSPS) is 11.2. The monoisotopic (exact) mass is 417 g/mol. The number of rotatable bonds is 5. The molecule has 3 aromatic carbocycles. The Morgan fingerprint density at radius 2 is 1.53 bits per heavy atom. The minimum absolute atomic E-state index is 0.0942. The lowest BCUT2D eigenvalue weighted by Crippen LogP contribution is -2.15. The molecule has 4 aromatic rings. The highest BCUT2D eigenvalue weighted by Gasteiger charge is 2.16. The van der Waals surface area contributed by atoms with Gasteiger partial charge in [-0.3, -0.25) is 4.79 Å². The van der Waals surface area contributed by atoms with E-state index in [9.17, 15) is 13.2 Å². The summed E-state index contributed by atoms with van der Waals surface area (Å²) in [5.74, 6) is 0.0620. The molecule has 0 aliphatic carbocycles. The summed E-state index contributed by atoms with van der Waals surface area (Å²) in [7, 11) is -3.41. The maximum atomic E-state index is 12.9. The van der Waals surface area contributed by atoms with Gasteiger partial charge in [-0.2, -0.15) is 5.10 Å². The third kappa shape index (κ3) is 4.16. The van der Waals surface area contributed by atoms with Gasteiger partial charge >= 0.3 is 0 Å². The number of sulfone groups is 1. The van der Waals surface area contributed by atoms with E-state index < -0.39 is 15.7 Å². The molecule has 30 heavy (non-hydrogen) atoms. The summed E-state index contributed by atoms with van der Waals surface area (Å²) in [5, 5.41) is 7.52. The Bertz CT molecular complexity index is 1300. The van der Waals surface area contributed by atoms with E-state index in [1.165, 1.54) is 12.1 Å². The first-order chi connectivity index (χ1) is 14.4. The van der Waals surface area contributed by atoms with Crippen LogP contribution in [0.3, 0.4) is 0 Å². The van der Waals surface area contributed by atoms with Crippen LogP contribution in [-0.4, -0.2) is 30.4 Å². The average molecular weight is 417 g/mol. The molecular weight excluding hydrogens is 398 g/mol. The lowest BCUT2D eigenvalue weighted by Gasteiger charge is -2.09. The van der Waals surface area contributed by atoms with Gasteiger partial charge in [0.1, 0.15) is 5.82 Å². The topological polar surface area (TPSA) is 81.1 Å². The van der Waals surface area contributed by atoms with Crippen LogP contribution in [0.25, 0.3) is 16.9 Å². The minimum Gasteiger partial charge on any atom is -0.306 e. The van der Waals surface area contributed by atoms with Crippen LogP contribution in [-0.2, 0) is 9.84 Å². The van der Waals surface area contributed by atoms with Gasteiger partial charge < -0.3 is 5.32 Å². The number of para-hydroxylation sites is 1. The van der Waals surface area contributed by atoms with Gasteiger partial charge in [0.25, 0.3) is 5.91 Å². The number of nitrogens with zero attached hydrogens (tertiary/aromatic N) is 2. The molecule has 7 heteroatoms. The molecule has 150 valence electrons. The molecule has 0 unspecified atom stereocenters. The quantitative estimate of drug-likeness (QED) is 0.528. The SMILES string of the molecule is CS(=O)(=O)c1cccc(C(=O)Nc2cc(-c3ccccc3)nn2-c2ccccc2)c1. The van der Waals surface area contributed by atoms with E-state index in [1.807, 2.05) is 60.7 Å². The smallest absolute Gasteiger partial charge is 0.256 e. The van der Waals surface area contributed by atoms with Crippen LogP contribution in [0.5, 0.6) is 0 Å². The minimum atomic E-state index is -3.41. The first kappa shape index (κ1) is 19.6. The summed E-state index contributed by atoms with van der Waals surface area (Å²) in [4.78, 5) is 13.0. The van der Waals surface area contributed by atoms with Crippen molar-refractivity contribution >= 4 is 21.6 Å². The Kier molecular flexibility index (Phi) is 5.20. The highest BCUT2D eigenvalue weighted by atomic mass is 32.2. The van der Waals surface area contributed by atoms with E-state index in [1.54, 1.807) is 22.9 Å². The molecular formula is C23H19N3O3S. The zero-order valence-corrected chi connectivity index (χ0v) is 17.0. The fraction of sp³-hybridized carbons (Fsp3) is 0.0435. The van der Waals surface area contributed by atoms with Crippen LogP contribution in [0.4, 0.5) is 5.82 Å². The van der Waals surface area contributed by atoms with Gasteiger partial charge in [-0.05, 0) is 30.3 Å². The summed E-state index contributed by atoms with van der Waals surface area (Å²) >= 11 is 0. The number of carbonyl (C=O) groups excluding carboxylic acids is 1. The fourth-order valence-electron chi connectivity index (χ4n) is 3.04. The van der Waals surface area contributed by atoms with Gasteiger partial charge in [0.15, 0.2) is 9.84 Å². The fourth-order valence-corrected chi connectivity index (χ4v) is 3.71. The zero-order valence-electron chi connectivity index (χ0n) is 16.2. The van der Waals surface area contributed by atoms with Gasteiger partial charge in [-0.25, -0.2) is 13.1 Å². The summed E-state index contributed by atoms with van der Waals surface area (Å²) < 4.78 is 25.3. The van der Waals surface area contributed by atoms with E-state index in [2.05, 4.69) is 10.4 Å². The number of aromatic nitrogens is 2. The van der Waals surface area contributed by atoms with Crippen LogP contribution in [0, 0.1) is 0 Å². The van der Waals surface area contributed by atoms with Crippen molar-refractivity contribution in [1.29, 1.82) is 0 Å². The molecule has 1 N–H and O–H groups in total. The molecule has 4 rings (SSSR count). The van der Waals surface area contributed by atoms with E-state index >= 15 is 0 Å². The van der Waals surface area contributed by atoms with Crippen LogP contribution >= 0.6 is 0 Å². The number of nitrogens with one attached hydrogen (secondary N) is 1. The highest BCUT2D eigenvalue weighted by Crippen LogP contribution is 2.25. The number of hydrogen-bond donors (Lipinski definition) is 1. The molecule has 0 saturated carbocycles. The number of benzene rings is 3. The van der Waals surface area contributed by atoms with Crippen LogP contribution in [0.15, 0.2) is 95.9 Å². The van der Waals surface area contributed by atoms with Crippen molar-refractivity contribution in [2.24, 2.45) is 0 Å². The number of carbonyl (C=O) groups is 1. The van der Waals surface area contributed by atoms with Crippen molar-refractivity contribution in [1.82, 2.24) is 9.78 Å². The van der Waals surface area contributed by atoms with Crippen molar-refractivity contribution in [2.75, 3.05) is 11.6 Å². The van der Waals surface area contributed by atoms with E-state index in [0.717, 1.165) is 17.5 Å². The van der Waals surface area contributed by atoms with Crippen molar-refractivity contribution < 1.29 is 13.2 Å². The molecule has 0 aliphatic rings. The molecule has 6 nitrogen and oxygen atoms in total. The summed E-state index contributed by atoms with van der Waals surface area (Å²) in [6, 6.07) is 26.9. The van der Waals surface area contributed by atoms with E-state index in [0.29, 0.717) is 11.5 Å². The Balaban J connectivity index is 1.73. The van der Waals surface area contributed by atoms with Gasteiger partial charge in [0.2, 0.25) is 0 Å². The second-order valence-corrected chi connectivity index (χ2v) is 8.80. The first-order valence-corrected chi connectivity index (χ1v) is 11.1. The zero-order chi connectivity index (χ0) is 21.1. The third-order valence-electron chi connectivity index (χ3n) is 4.55. The van der Waals surface area contributed by atoms with Gasteiger partial charge in [-0.1, -0.05) is 54.6 Å². The lowest BCUT2D eigenvalue weighted by atomic mass is 10.1. The molecule has 0 aliphatic heterocycles. The molecule has 0 fully saturated rings. The average Bonchev–Trinajstić information content (AvgIpc) is 3.18. The summed E-state index contributed by atoms with van der Waals surface area (Å²) in [5.41, 5.74) is 2.67. The molecule has 0 bridgehead atoms. The first-order valence-electron chi connectivity index (χ1n) is 9.24. The van der Waals surface area contributed by atoms with Gasteiger partial charge in [0.05, 0.1) is 16.3 Å². The summed E-state index contributed by atoms with van der Waals surface area (Å²) in [6.07, 6.45) is 1.11. The van der Waals surface area contributed by atoms with Crippen molar-refractivity contribution in [3.05, 3.63) is 96.6 Å². The van der Waals surface area contributed by atoms with E-state index in [-0.39, 0.29) is 10.5 Å². The Morgan fingerprint density at radius 1 is 0.867 bits per heavy atom. The van der Waals surface area contributed by atoms with E-state index in [4.69, 9.17) is 0 Å². The maximum Gasteiger partial charge on any atom is 0.256 e. The van der Waals surface area contributed by atoms with Gasteiger partial charge in [0, 0.05) is 23.4 Å². The number of amides is 1. The van der Waals surface area contributed by atoms with Crippen molar-refractivity contribution in [2.45, 2.75) is 4.90 Å². The van der Waals surface area contributed by atoms with Crippen LogP contribution in [0.2, 0.25) is 0 Å². The molecule has 0 radical (unpaired) electrons. The standard InChI is InChI=1S/C23H19N3O3S/c1-30(28,29)20-14-8-11-18(15-20)23(27)24-22-16-21(17-9-4-2-5-10-17)25-26(22)19-12-6-3-7-13-19/h2-16H,1H3,(H,24,27). The number of hydrogen-bond acceptors (Lipinski definition) is 4. The Hall–Kier alpha value is -3.71. The Labute approximate surface area is 174 Å². The molecule has 0 atom stereocenters. The molecule has 0 saturated heterocycles. The maximum absolute atomic E-state index is 12.9. The highest BCUT2D eigenvalue weighted by molar-refractivity contribution is 7.90. The second kappa shape index (κ2) is 7.96. The molecule has 1 amide bonds. The van der Waals surface area contributed by atoms with Crippen LogP contribution in [0.1, 0.15) is 10.4 Å². The summed E-state index contributed by atoms with van der Waals surface area (Å²) in [6.45, 7) is 0.